The van der Waals surface area contributed by atoms with Crippen molar-refractivity contribution in [3.63, 3.8) is 0 Å². The SMILES string of the molecule is COc1cccc(CNc2c(CC(=O)O)c3ccccc3n2Cc2ccccc2)c1. The Morgan fingerprint density at radius 3 is 2.47 bits per heavy atom. The average Bonchev–Trinajstić information content (AvgIpc) is 3.05. The molecule has 2 N–H and O–H groups in total. The minimum Gasteiger partial charge on any atom is -0.497 e. The molecule has 30 heavy (non-hydrogen) atoms. The number of fused-ring (bicyclic) bond motifs is 1. The van der Waals surface area contributed by atoms with Crippen molar-refractivity contribution in [1.82, 2.24) is 4.57 Å². The Morgan fingerprint density at radius 1 is 0.967 bits per heavy atom. The van der Waals surface area contributed by atoms with Gasteiger partial charge in [0.05, 0.1) is 19.0 Å². The minimum atomic E-state index is -0.845. The molecule has 0 fully saturated rings. The summed E-state index contributed by atoms with van der Waals surface area (Å²) in [6.45, 7) is 1.22. The van der Waals surface area contributed by atoms with Crippen molar-refractivity contribution in [2.45, 2.75) is 19.5 Å². The van der Waals surface area contributed by atoms with Crippen LogP contribution in [0, 0.1) is 0 Å². The fraction of sp³-hybridized carbons (Fsp3) is 0.160. The van der Waals surface area contributed by atoms with Crippen LogP contribution in [0.25, 0.3) is 10.9 Å². The number of benzene rings is 3. The number of methoxy groups -OCH3 is 1. The Morgan fingerprint density at radius 2 is 1.70 bits per heavy atom. The molecule has 0 atom stereocenters. The molecule has 0 saturated carbocycles. The molecule has 0 saturated heterocycles. The topological polar surface area (TPSA) is 63.5 Å². The van der Waals surface area contributed by atoms with Crippen molar-refractivity contribution in [3.05, 3.63) is 95.6 Å². The number of nitrogens with one attached hydrogen (secondary N) is 1. The van der Waals surface area contributed by atoms with E-state index in [0.29, 0.717) is 13.1 Å². The molecular formula is C25H24N2O3. The predicted octanol–water partition coefficient (Wildman–Crippen LogP) is 4.94. The number of anilines is 1. The summed E-state index contributed by atoms with van der Waals surface area (Å²) in [6.07, 6.45) is -0.0389. The molecule has 0 aliphatic rings. The number of carboxylic acid groups (broad SMARTS) is 1. The lowest BCUT2D eigenvalue weighted by molar-refractivity contribution is -0.136. The third-order valence-corrected chi connectivity index (χ3v) is 5.18. The van der Waals surface area contributed by atoms with E-state index in [4.69, 9.17) is 4.74 Å². The van der Waals surface area contributed by atoms with Gasteiger partial charge in [0, 0.05) is 24.0 Å². The molecule has 4 aromatic rings. The molecule has 0 radical (unpaired) electrons. The summed E-state index contributed by atoms with van der Waals surface area (Å²) in [7, 11) is 1.65. The van der Waals surface area contributed by atoms with E-state index < -0.39 is 5.97 Å². The predicted molar refractivity (Wildman–Crippen MR) is 119 cm³/mol. The molecule has 0 aliphatic heterocycles. The standard InChI is InChI=1S/C25H24N2O3/c1-30-20-11-7-10-19(14-20)16-26-25-22(15-24(28)29)21-12-5-6-13-23(21)27(25)17-18-8-3-2-4-9-18/h2-14,26H,15-17H2,1H3,(H,28,29). The van der Waals surface area contributed by atoms with Crippen LogP contribution in [-0.2, 0) is 24.3 Å². The summed E-state index contributed by atoms with van der Waals surface area (Å²) in [5.41, 5.74) is 4.04. The van der Waals surface area contributed by atoms with Crippen LogP contribution in [0.2, 0.25) is 0 Å². The molecule has 0 spiro atoms. The van der Waals surface area contributed by atoms with Gasteiger partial charge in [0.25, 0.3) is 0 Å². The summed E-state index contributed by atoms with van der Waals surface area (Å²) in [5.74, 6) is 0.789. The van der Waals surface area contributed by atoms with Crippen molar-refractivity contribution in [1.29, 1.82) is 0 Å². The van der Waals surface area contributed by atoms with Gasteiger partial charge < -0.3 is 19.7 Å². The van der Waals surface area contributed by atoms with Crippen LogP contribution in [0.15, 0.2) is 78.9 Å². The van der Waals surface area contributed by atoms with Gasteiger partial charge in [0.2, 0.25) is 0 Å². The van der Waals surface area contributed by atoms with Crippen molar-refractivity contribution in [3.8, 4) is 5.75 Å². The lowest BCUT2D eigenvalue weighted by Crippen LogP contribution is -2.11. The Balaban J connectivity index is 1.77. The highest BCUT2D eigenvalue weighted by Crippen LogP contribution is 2.32. The zero-order valence-electron chi connectivity index (χ0n) is 16.8. The first-order chi connectivity index (χ1) is 14.7. The zero-order valence-corrected chi connectivity index (χ0v) is 16.8. The third kappa shape index (κ3) is 4.15. The number of aromatic nitrogens is 1. The van der Waals surface area contributed by atoms with E-state index in [9.17, 15) is 9.90 Å². The van der Waals surface area contributed by atoms with Crippen LogP contribution in [0.1, 0.15) is 16.7 Å². The van der Waals surface area contributed by atoms with Crippen LogP contribution in [0.4, 0.5) is 5.82 Å². The first-order valence-corrected chi connectivity index (χ1v) is 9.88. The summed E-state index contributed by atoms with van der Waals surface area (Å²) >= 11 is 0. The van der Waals surface area contributed by atoms with E-state index in [2.05, 4.69) is 22.0 Å². The first kappa shape index (κ1) is 19.6. The summed E-state index contributed by atoms with van der Waals surface area (Å²) in [5, 5.41) is 14.0. The number of carbonyl (C=O) groups is 1. The van der Waals surface area contributed by atoms with Gasteiger partial charge in [-0.2, -0.15) is 0 Å². The quantitative estimate of drug-likeness (QED) is 0.440. The van der Waals surface area contributed by atoms with Crippen LogP contribution in [-0.4, -0.2) is 22.8 Å². The molecule has 1 heterocycles. The molecule has 0 bridgehead atoms. The van der Waals surface area contributed by atoms with Gasteiger partial charge in [-0.25, -0.2) is 0 Å². The zero-order chi connectivity index (χ0) is 20.9. The second-order valence-corrected chi connectivity index (χ2v) is 7.19. The van der Waals surface area contributed by atoms with E-state index >= 15 is 0 Å². The molecular weight excluding hydrogens is 376 g/mol. The van der Waals surface area contributed by atoms with Gasteiger partial charge in [-0.05, 0) is 29.3 Å². The van der Waals surface area contributed by atoms with E-state index in [0.717, 1.165) is 39.2 Å². The second kappa shape index (κ2) is 8.74. The number of hydrogen-bond acceptors (Lipinski definition) is 3. The molecule has 0 unspecified atom stereocenters. The van der Waals surface area contributed by atoms with Crippen molar-refractivity contribution >= 4 is 22.7 Å². The van der Waals surface area contributed by atoms with E-state index in [1.54, 1.807) is 7.11 Å². The lowest BCUT2D eigenvalue weighted by atomic mass is 10.1. The molecule has 5 nitrogen and oxygen atoms in total. The van der Waals surface area contributed by atoms with Crippen LogP contribution < -0.4 is 10.1 Å². The molecule has 4 rings (SSSR count). The van der Waals surface area contributed by atoms with Gasteiger partial charge in [-0.3, -0.25) is 4.79 Å². The Bertz CT molecular complexity index is 1170. The average molecular weight is 400 g/mol. The second-order valence-electron chi connectivity index (χ2n) is 7.19. The minimum absolute atomic E-state index is 0.0389. The van der Waals surface area contributed by atoms with Crippen LogP contribution in [0.5, 0.6) is 5.75 Å². The summed E-state index contributed by atoms with van der Waals surface area (Å²) in [6, 6.07) is 26.0. The number of nitrogens with zero attached hydrogens (tertiary/aromatic N) is 1. The summed E-state index contributed by atoms with van der Waals surface area (Å²) in [4.78, 5) is 11.6. The lowest BCUT2D eigenvalue weighted by Gasteiger charge is -2.15. The number of rotatable bonds is 8. The maximum atomic E-state index is 11.6. The fourth-order valence-electron chi connectivity index (χ4n) is 3.81. The maximum absolute atomic E-state index is 11.6. The number of ether oxygens (including phenoxy) is 1. The maximum Gasteiger partial charge on any atom is 0.307 e. The Labute approximate surface area is 175 Å². The van der Waals surface area contributed by atoms with E-state index in [1.165, 1.54) is 0 Å². The van der Waals surface area contributed by atoms with Gasteiger partial charge in [-0.1, -0.05) is 60.7 Å². The molecule has 3 aromatic carbocycles. The monoisotopic (exact) mass is 400 g/mol. The van der Waals surface area contributed by atoms with Gasteiger partial charge in [-0.15, -0.1) is 0 Å². The number of carboxylic acids is 1. The Kier molecular flexibility index (Phi) is 5.70. The van der Waals surface area contributed by atoms with Gasteiger partial charge in [0.1, 0.15) is 11.6 Å². The van der Waals surface area contributed by atoms with E-state index in [-0.39, 0.29) is 6.42 Å². The molecule has 152 valence electrons. The van der Waals surface area contributed by atoms with Crippen LogP contribution >= 0.6 is 0 Å². The third-order valence-electron chi connectivity index (χ3n) is 5.18. The van der Waals surface area contributed by atoms with Crippen molar-refractivity contribution in [2.75, 3.05) is 12.4 Å². The first-order valence-electron chi connectivity index (χ1n) is 9.88. The Hall–Kier alpha value is -3.73. The summed E-state index contributed by atoms with van der Waals surface area (Å²) < 4.78 is 7.49. The number of hydrogen-bond donors (Lipinski definition) is 2. The highest BCUT2D eigenvalue weighted by Gasteiger charge is 2.19. The van der Waals surface area contributed by atoms with Crippen LogP contribution in [0.3, 0.4) is 0 Å². The van der Waals surface area contributed by atoms with Crippen molar-refractivity contribution in [2.24, 2.45) is 0 Å². The highest BCUT2D eigenvalue weighted by atomic mass is 16.5. The molecule has 1 aromatic heterocycles. The molecule has 0 amide bonds. The highest BCUT2D eigenvalue weighted by molar-refractivity contribution is 5.93. The van der Waals surface area contributed by atoms with Gasteiger partial charge >= 0.3 is 5.97 Å². The number of aliphatic carboxylic acids is 1. The molecule has 5 heteroatoms. The normalized spacial score (nSPS) is 10.8. The van der Waals surface area contributed by atoms with Crippen molar-refractivity contribution < 1.29 is 14.6 Å². The number of para-hydroxylation sites is 1. The molecule has 0 aliphatic carbocycles. The van der Waals surface area contributed by atoms with Gasteiger partial charge in [0.15, 0.2) is 0 Å². The fourth-order valence-corrected chi connectivity index (χ4v) is 3.81. The van der Waals surface area contributed by atoms with E-state index in [1.807, 2.05) is 66.7 Å². The smallest absolute Gasteiger partial charge is 0.307 e. The largest absolute Gasteiger partial charge is 0.497 e.